The largest absolute Gasteiger partial charge is 0.446 e. The minimum Gasteiger partial charge on any atom is -0.446 e. The van der Waals surface area contributed by atoms with Crippen molar-refractivity contribution in [3.63, 3.8) is 0 Å². The lowest BCUT2D eigenvalue weighted by molar-refractivity contribution is -0.116. The highest BCUT2D eigenvalue weighted by Crippen LogP contribution is 2.41. The SMILES string of the molecule is CC1=NOCC1CNC(=O)OC1CCc2c(sc(NC(=O)CC(C)c3cccnc3)c2N)C1. The first-order chi connectivity index (χ1) is 15.9. The number of hydrogen-bond acceptors (Lipinski definition) is 8. The van der Waals surface area contributed by atoms with Crippen molar-refractivity contribution >= 4 is 39.7 Å². The molecule has 0 bridgehead atoms. The summed E-state index contributed by atoms with van der Waals surface area (Å²) >= 11 is 1.46. The summed E-state index contributed by atoms with van der Waals surface area (Å²) in [7, 11) is 0. The molecule has 3 heterocycles. The molecule has 2 aliphatic rings. The number of nitrogens with zero attached hydrogens (tertiary/aromatic N) is 2. The fourth-order valence-electron chi connectivity index (χ4n) is 4.05. The smallest absolute Gasteiger partial charge is 0.407 e. The molecule has 0 saturated carbocycles. The van der Waals surface area contributed by atoms with Crippen LogP contribution in [0.2, 0.25) is 0 Å². The Kier molecular flexibility index (Phi) is 7.12. The summed E-state index contributed by atoms with van der Waals surface area (Å²) in [6.45, 7) is 4.79. The lowest BCUT2D eigenvalue weighted by atomic mass is 9.95. The molecule has 3 atom stereocenters. The molecule has 2 amide bonds. The van der Waals surface area contributed by atoms with E-state index in [0.29, 0.717) is 49.5 Å². The quantitative estimate of drug-likeness (QED) is 0.567. The number of anilines is 2. The molecule has 0 saturated heterocycles. The minimum atomic E-state index is -0.439. The third-order valence-corrected chi connectivity index (χ3v) is 7.29. The molecule has 176 valence electrons. The highest BCUT2D eigenvalue weighted by Gasteiger charge is 2.28. The summed E-state index contributed by atoms with van der Waals surface area (Å²) in [4.78, 5) is 35.0. The highest BCUT2D eigenvalue weighted by atomic mass is 32.1. The molecule has 0 spiro atoms. The van der Waals surface area contributed by atoms with Gasteiger partial charge in [0.05, 0.1) is 17.3 Å². The normalized spacial score (nSPS) is 20.2. The van der Waals surface area contributed by atoms with E-state index in [2.05, 4.69) is 20.8 Å². The Hall–Kier alpha value is -3.14. The summed E-state index contributed by atoms with van der Waals surface area (Å²) < 4.78 is 5.62. The van der Waals surface area contributed by atoms with E-state index in [9.17, 15) is 9.59 Å². The molecule has 3 unspecified atom stereocenters. The number of ether oxygens (including phenoxy) is 1. The van der Waals surface area contributed by atoms with Gasteiger partial charge in [0.2, 0.25) is 5.91 Å². The second-order valence-electron chi connectivity index (χ2n) is 8.56. The van der Waals surface area contributed by atoms with E-state index in [4.69, 9.17) is 15.3 Å². The van der Waals surface area contributed by atoms with Crippen molar-refractivity contribution in [3.8, 4) is 0 Å². The fraction of sp³-hybridized carbons (Fsp3) is 0.478. The molecule has 0 fully saturated rings. The maximum Gasteiger partial charge on any atom is 0.407 e. The van der Waals surface area contributed by atoms with E-state index < -0.39 is 6.09 Å². The summed E-state index contributed by atoms with van der Waals surface area (Å²) in [5.74, 6) is 0.0508. The highest BCUT2D eigenvalue weighted by molar-refractivity contribution is 7.17. The molecule has 1 aliphatic carbocycles. The first-order valence-corrected chi connectivity index (χ1v) is 11.9. The number of pyridine rings is 1. The standard InChI is InChI=1S/C23H29N5O4S/c1-13(15-4-3-7-25-10-15)8-20(29)27-22-21(24)18-6-5-17(9-19(18)33-22)32-23(30)26-11-16-12-31-28-14(16)2/h3-4,7,10,13,16-17H,5-6,8-9,11-12,24H2,1-2H3,(H,26,30)(H,27,29). The summed E-state index contributed by atoms with van der Waals surface area (Å²) in [6, 6.07) is 3.84. The predicted molar refractivity (Wildman–Crippen MR) is 127 cm³/mol. The maximum atomic E-state index is 12.6. The van der Waals surface area contributed by atoms with Crippen molar-refractivity contribution in [2.45, 2.75) is 51.6 Å². The van der Waals surface area contributed by atoms with Crippen molar-refractivity contribution in [2.75, 3.05) is 24.2 Å². The summed E-state index contributed by atoms with van der Waals surface area (Å²) in [5, 5.41) is 10.3. The number of fused-ring (bicyclic) bond motifs is 1. The third-order valence-electron chi connectivity index (χ3n) is 6.10. The van der Waals surface area contributed by atoms with Gasteiger partial charge in [-0.25, -0.2) is 4.79 Å². The van der Waals surface area contributed by atoms with Crippen LogP contribution >= 0.6 is 11.3 Å². The van der Waals surface area contributed by atoms with Crippen LogP contribution in [0.5, 0.6) is 0 Å². The number of nitrogen functional groups attached to an aromatic ring is 1. The van der Waals surface area contributed by atoms with Crippen LogP contribution in [0, 0.1) is 5.92 Å². The monoisotopic (exact) mass is 471 g/mol. The lowest BCUT2D eigenvalue weighted by Crippen LogP contribution is -2.36. The second kappa shape index (κ2) is 10.2. The van der Waals surface area contributed by atoms with Crippen LogP contribution in [0.25, 0.3) is 0 Å². The van der Waals surface area contributed by atoms with E-state index in [0.717, 1.165) is 21.7 Å². The number of hydrogen-bond donors (Lipinski definition) is 3. The number of rotatable bonds is 7. The van der Waals surface area contributed by atoms with Gasteiger partial charge in [-0.3, -0.25) is 9.78 Å². The van der Waals surface area contributed by atoms with E-state index >= 15 is 0 Å². The summed E-state index contributed by atoms with van der Waals surface area (Å²) in [6.07, 6.45) is 5.17. The Morgan fingerprint density at radius 1 is 1.42 bits per heavy atom. The molecular formula is C23H29N5O4S. The Labute approximate surface area is 196 Å². The van der Waals surface area contributed by atoms with Gasteiger partial charge >= 0.3 is 6.09 Å². The van der Waals surface area contributed by atoms with Gasteiger partial charge in [0.1, 0.15) is 17.7 Å². The Morgan fingerprint density at radius 3 is 3.00 bits per heavy atom. The maximum absolute atomic E-state index is 12.6. The van der Waals surface area contributed by atoms with E-state index in [1.807, 2.05) is 26.0 Å². The molecule has 9 nitrogen and oxygen atoms in total. The van der Waals surface area contributed by atoms with Gasteiger partial charge in [0, 0.05) is 36.7 Å². The van der Waals surface area contributed by atoms with Gasteiger partial charge in [0.15, 0.2) is 0 Å². The average molecular weight is 472 g/mol. The first kappa shape index (κ1) is 23.0. The van der Waals surface area contributed by atoms with Crippen LogP contribution in [0.3, 0.4) is 0 Å². The van der Waals surface area contributed by atoms with Crippen LogP contribution in [-0.2, 0) is 27.2 Å². The van der Waals surface area contributed by atoms with Crippen LogP contribution in [-0.4, -0.2) is 42.0 Å². The number of amides is 2. The van der Waals surface area contributed by atoms with Gasteiger partial charge in [-0.2, -0.15) is 0 Å². The number of alkyl carbamates (subject to hydrolysis) is 1. The molecule has 0 aromatic carbocycles. The number of carbonyl (C=O) groups excluding carboxylic acids is 2. The van der Waals surface area contributed by atoms with Crippen molar-refractivity contribution in [1.29, 1.82) is 0 Å². The van der Waals surface area contributed by atoms with Crippen molar-refractivity contribution in [2.24, 2.45) is 11.1 Å². The molecule has 2 aromatic heterocycles. The molecule has 4 N–H and O–H groups in total. The van der Waals surface area contributed by atoms with Crippen molar-refractivity contribution in [1.82, 2.24) is 10.3 Å². The second-order valence-corrected chi connectivity index (χ2v) is 9.67. The number of aromatic nitrogens is 1. The van der Waals surface area contributed by atoms with Gasteiger partial charge < -0.3 is 25.9 Å². The molecular weight excluding hydrogens is 442 g/mol. The van der Waals surface area contributed by atoms with Gasteiger partial charge in [-0.1, -0.05) is 18.1 Å². The number of thiophene rings is 1. The molecule has 0 radical (unpaired) electrons. The molecule has 2 aromatic rings. The van der Waals surface area contributed by atoms with Crippen LogP contribution < -0.4 is 16.4 Å². The number of oxime groups is 1. The lowest BCUT2D eigenvalue weighted by Gasteiger charge is -2.23. The van der Waals surface area contributed by atoms with Crippen LogP contribution in [0.4, 0.5) is 15.5 Å². The van der Waals surface area contributed by atoms with E-state index in [1.54, 1.807) is 12.4 Å². The molecule has 4 rings (SSSR count). The van der Waals surface area contributed by atoms with Crippen molar-refractivity contribution in [3.05, 3.63) is 40.5 Å². The third kappa shape index (κ3) is 5.62. The van der Waals surface area contributed by atoms with E-state index in [-0.39, 0.29) is 23.8 Å². The van der Waals surface area contributed by atoms with Gasteiger partial charge in [-0.15, -0.1) is 11.3 Å². The fourth-order valence-corrected chi connectivity index (χ4v) is 5.29. The number of carbonyl (C=O) groups is 2. The Bertz CT molecular complexity index is 1040. The zero-order chi connectivity index (χ0) is 23.4. The molecule has 33 heavy (non-hydrogen) atoms. The van der Waals surface area contributed by atoms with Crippen molar-refractivity contribution < 1.29 is 19.2 Å². The summed E-state index contributed by atoms with van der Waals surface area (Å²) in [5.41, 5.74) is 9.89. The number of nitrogens with two attached hydrogens (primary N) is 1. The number of nitrogens with one attached hydrogen (secondary N) is 2. The van der Waals surface area contributed by atoms with Gasteiger partial charge in [-0.05, 0) is 42.9 Å². The molecule has 10 heteroatoms. The van der Waals surface area contributed by atoms with E-state index in [1.165, 1.54) is 11.3 Å². The Morgan fingerprint density at radius 2 is 2.27 bits per heavy atom. The zero-order valence-electron chi connectivity index (χ0n) is 18.8. The van der Waals surface area contributed by atoms with Crippen LogP contribution in [0.15, 0.2) is 29.7 Å². The minimum absolute atomic E-state index is 0.0525. The predicted octanol–water partition coefficient (Wildman–Crippen LogP) is 3.46. The first-order valence-electron chi connectivity index (χ1n) is 11.1. The molecule has 1 aliphatic heterocycles. The topological polar surface area (TPSA) is 128 Å². The average Bonchev–Trinajstić information content (AvgIpc) is 3.35. The zero-order valence-corrected chi connectivity index (χ0v) is 19.6. The van der Waals surface area contributed by atoms with Crippen LogP contribution in [0.1, 0.15) is 48.6 Å². The van der Waals surface area contributed by atoms with Gasteiger partial charge in [0.25, 0.3) is 0 Å². The Balaban J connectivity index is 1.29.